The molecular formula is C8H11N3O4S. The van der Waals surface area contributed by atoms with Crippen LogP contribution in [0.1, 0.15) is 6.23 Å². The highest BCUT2D eigenvalue weighted by molar-refractivity contribution is 8.00. The van der Waals surface area contributed by atoms with Crippen molar-refractivity contribution in [3.63, 3.8) is 0 Å². The highest BCUT2D eigenvalue weighted by Crippen LogP contribution is 2.31. The first kappa shape index (κ1) is 11.2. The van der Waals surface area contributed by atoms with Crippen LogP contribution in [-0.4, -0.2) is 37.6 Å². The van der Waals surface area contributed by atoms with Gasteiger partial charge < -0.3 is 20.7 Å². The van der Waals surface area contributed by atoms with E-state index >= 15 is 0 Å². The predicted molar refractivity (Wildman–Crippen MR) is 58.0 cm³/mol. The number of nitrogen functional groups attached to an aromatic ring is 1. The van der Waals surface area contributed by atoms with E-state index in [0.29, 0.717) is 5.75 Å². The first-order chi connectivity index (χ1) is 7.61. The molecule has 1 fully saturated rings. The van der Waals surface area contributed by atoms with Crippen molar-refractivity contribution in [2.45, 2.75) is 11.7 Å². The molecule has 0 radical (unpaired) electrons. The summed E-state index contributed by atoms with van der Waals surface area (Å²) in [5, 5.41) is 18.2. The van der Waals surface area contributed by atoms with Crippen molar-refractivity contribution < 1.29 is 14.9 Å². The molecule has 0 spiro atoms. The second kappa shape index (κ2) is 4.32. The lowest BCUT2D eigenvalue weighted by atomic mass is 10.5. The lowest BCUT2D eigenvalue weighted by Crippen LogP contribution is -2.28. The molecule has 0 aromatic carbocycles. The van der Waals surface area contributed by atoms with Crippen LogP contribution in [0.15, 0.2) is 11.0 Å². The van der Waals surface area contributed by atoms with Gasteiger partial charge in [0.05, 0.1) is 12.8 Å². The number of anilines is 1. The van der Waals surface area contributed by atoms with Gasteiger partial charge in [-0.2, -0.15) is 4.98 Å². The smallest absolute Gasteiger partial charge is 0.351 e. The quantitative estimate of drug-likeness (QED) is 0.620. The minimum absolute atomic E-state index is 0.121. The van der Waals surface area contributed by atoms with Gasteiger partial charge >= 0.3 is 5.69 Å². The zero-order chi connectivity index (χ0) is 11.7. The van der Waals surface area contributed by atoms with E-state index in [4.69, 9.17) is 15.6 Å². The fraction of sp³-hybridized carbons (Fsp3) is 0.500. The number of thioether (sulfide) groups is 1. The molecule has 0 bridgehead atoms. The summed E-state index contributed by atoms with van der Waals surface area (Å²) in [6.45, 7) is -0.121. The number of aliphatic hydroxyl groups excluding tert-OH is 1. The molecule has 0 aliphatic carbocycles. The number of ether oxygens (including phenoxy) is 1. The summed E-state index contributed by atoms with van der Waals surface area (Å²) < 4.78 is 6.52. The van der Waals surface area contributed by atoms with E-state index in [9.17, 15) is 9.90 Å². The molecule has 16 heavy (non-hydrogen) atoms. The van der Waals surface area contributed by atoms with Gasteiger partial charge in [-0.25, -0.2) is 4.79 Å². The summed E-state index contributed by atoms with van der Waals surface area (Å²) in [6, 6.07) is 0. The predicted octanol–water partition coefficient (Wildman–Crippen LogP) is -0.889. The van der Waals surface area contributed by atoms with Gasteiger partial charge in [-0.15, -0.1) is 11.8 Å². The molecule has 8 heteroatoms. The maximum absolute atomic E-state index is 11.5. The van der Waals surface area contributed by atoms with Crippen molar-refractivity contribution in [3.05, 3.63) is 16.7 Å². The van der Waals surface area contributed by atoms with Crippen LogP contribution in [0.25, 0.3) is 0 Å². The average Bonchev–Trinajstić information content (AvgIpc) is 2.71. The molecule has 7 nitrogen and oxygen atoms in total. The van der Waals surface area contributed by atoms with Crippen LogP contribution in [0.2, 0.25) is 0 Å². The fourth-order valence-corrected chi connectivity index (χ4v) is 2.29. The van der Waals surface area contributed by atoms with Gasteiger partial charge in [0.25, 0.3) is 0 Å². The minimum Gasteiger partial charge on any atom is -0.503 e. The number of nitrogens with two attached hydrogens (primary N) is 1. The van der Waals surface area contributed by atoms with Gasteiger partial charge in [0.2, 0.25) is 0 Å². The monoisotopic (exact) mass is 245 g/mol. The van der Waals surface area contributed by atoms with Crippen LogP contribution < -0.4 is 11.4 Å². The summed E-state index contributed by atoms with van der Waals surface area (Å²) in [7, 11) is 0. The van der Waals surface area contributed by atoms with Crippen LogP contribution in [0.3, 0.4) is 0 Å². The van der Waals surface area contributed by atoms with Gasteiger partial charge in [-0.3, -0.25) is 4.57 Å². The average molecular weight is 245 g/mol. The third kappa shape index (κ3) is 1.99. The Hall–Kier alpha value is -1.25. The number of aromatic hydroxyl groups is 1. The third-order valence-electron chi connectivity index (χ3n) is 2.15. The van der Waals surface area contributed by atoms with Crippen LogP contribution >= 0.6 is 11.8 Å². The summed E-state index contributed by atoms with van der Waals surface area (Å²) in [6.07, 6.45) is 0.656. The zero-order valence-corrected chi connectivity index (χ0v) is 9.05. The number of rotatable bonds is 2. The lowest BCUT2D eigenvalue weighted by Gasteiger charge is -2.13. The van der Waals surface area contributed by atoms with E-state index < -0.39 is 11.9 Å². The topological polar surface area (TPSA) is 111 Å². The van der Waals surface area contributed by atoms with E-state index in [1.54, 1.807) is 0 Å². The number of aromatic nitrogens is 2. The van der Waals surface area contributed by atoms with Gasteiger partial charge in [-0.05, 0) is 0 Å². The fourth-order valence-electron chi connectivity index (χ4n) is 1.36. The molecule has 0 saturated carbocycles. The SMILES string of the molecule is Nc1nc(=O)n([C@@H]2CS[C@H](CO)O2)cc1O. The molecule has 88 valence electrons. The Morgan fingerprint density at radius 1 is 1.75 bits per heavy atom. The molecule has 2 atom stereocenters. The molecule has 1 aliphatic heterocycles. The Bertz CT molecular complexity index is 449. The van der Waals surface area contributed by atoms with Crippen molar-refractivity contribution in [1.82, 2.24) is 9.55 Å². The van der Waals surface area contributed by atoms with Crippen LogP contribution in [0.5, 0.6) is 5.75 Å². The summed E-state index contributed by atoms with van der Waals surface area (Å²) in [4.78, 5) is 14.9. The molecular weight excluding hydrogens is 234 g/mol. The van der Waals surface area contributed by atoms with Crippen molar-refractivity contribution in [2.24, 2.45) is 0 Å². The van der Waals surface area contributed by atoms with Gasteiger partial charge in [-0.1, -0.05) is 0 Å². The normalized spacial score (nSPS) is 24.8. The molecule has 2 rings (SSSR count). The van der Waals surface area contributed by atoms with Gasteiger partial charge in [0, 0.05) is 5.75 Å². The van der Waals surface area contributed by atoms with E-state index in [-0.39, 0.29) is 23.6 Å². The van der Waals surface area contributed by atoms with Crippen molar-refractivity contribution >= 4 is 17.6 Å². The highest BCUT2D eigenvalue weighted by atomic mass is 32.2. The molecule has 0 unspecified atom stereocenters. The summed E-state index contributed by atoms with van der Waals surface area (Å²) in [5.41, 5.74) is 4.35. The summed E-state index contributed by atoms with van der Waals surface area (Å²) in [5.74, 6) is 0.0437. The molecule has 1 saturated heterocycles. The van der Waals surface area contributed by atoms with Crippen molar-refractivity contribution in [3.8, 4) is 5.75 Å². The molecule has 1 aliphatic rings. The van der Waals surface area contributed by atoms with E-state index in [2.05, 4.69) is 4.98 Å². The molecule has 1 aromatic heterocycles. The zero-order valence-electron chi connectivity index (χ0n) is 8.24. The largest absolute Gasteiger partial charge is 0.503 e. The molecule has 1 aromatic rings. The third-order valence-corrected chi connectivity index (χ3v) is 3.26. The van der Waals surface area contributed by atoms with E-state index in [1.807, 2.05) is 0 Å². The van der Waals surface area contributed by atoms with E-state index in [0.717, 1.165) is 4.57 Å². The summed E-state index contributed by atoms with van der Waals surface area (Å²) >= 11 is 1.39. The number of aliphatic hydroxyl groups is 1. The van der Waals surface area contributed by atoms with Gasteiger partial charge in [0.1, 0.15) is 11.7 Å². The first-order valence-corrected chi connectivity index (χ1v) is 5.62. The second-order valence-electron chi connectivity index (χ2n) is 3.24. The van der Waals surface area contributed by atoms with E-state index in [1.165, 1.54) is 18.0 Å². The molecule has 4 N–H and O–H groups in total. The maximum atomic E-state index is 11.5. The van der Waals surface area contributed by atoms with Crippen molar-refractivity contribution in [2.75, 3.05) is 18.1 Å². The van der Waals surface area contributed by atoms with Crippen LogP contribution in [0, 0.1) is 0 Å². The minimum atomic E-state index is -0.584. The first-order valence-electron chi connectivity index (χ1n) is 4.57. The molecule has 0 amide bonds. The Morgan fingerprint density at radius 2 is 2.50 bits per heavy atom. The standard InChI is InChI=1S/C8H11N3O4S/c9-7-4(13)1-11(8(14)10-7)5-3-16-6(2-12)15-5/h1,5-6,12-13H,2-3H2,(H2,9,10,14)/t5-,6+/m0/s1. The number of hydrogen-bond acceptors (Lipinski definition) is 7. The molecule has 2 heterocycles. The highest BCUT2D eigenvalue weighted by Gasteiger charge is 2.27. The Balaban J connectivity index is 2.28. The Morgan fingerprint density at radius 3 is 3.12 bits per heavy atom. The lowest BCUT2D eigenvalue weighted by molar-refractivity contribution is -0.00659. The number of hydrogen-bond donors (Lipinski definition) is 3. The van der Waals surface area contributed by atoms with Gasteiger partial charge in [0.15, 0.2) is 11.6 Å². The number of nitrogens with zero attached hydrogens (tertiary/aromatic N) is 2. The maximum Gasteiger partial charge on any atom is 0.351 e. The van der Waals surface area contributed by atoms with Crippen LogP contribution in [0.4, 0.5) is 5.82 Å². The Kier molecular flexibility index (Phi) is 3.03. The second-order valence-corrected chi connectivity index (χ2v) is 4.43. The van der Waals surface area contributed by atoms with Crippen LogP contribution in [-0.2, 0) is 4.74 Å². The van der Waals surface area contributed by atoms with Crippen molar-refractivity contribution in [1.29, 1.82) is 0 Å². The Labute approximate surface area is 94.9 Å².